The van der Waals surface area contributed by atoms with Gasteiger partial charge in [0.05, 0.1) is 47.6 Å². The van der Waals surface area contributed by atoms with E-state index in [0.29, 0.717) is 5.82 Å². The second kappa shape index (κ2) is 120. The number of hydrogen-bond donors (Lipinski definition) is 0. The molecule has 12 aromatic rings. The molecule has 0 saturated carbocycles. The molecule has 11 aromatic heterocycles. The number of nitrogens with zero attached hydrogens (tertiary/aromatic N) is 25. The van der Waals surface area contributed by atoms with Crippen molar-refractivity contribution in [1.82, 2.24) is 126 Å². The summed E-state index contributed by atoms with van der Waals surface area (Å²) in [4.78, 5) is 57.0. The summed E-state index contributed by atoms with van der Waals surface area (Å²) in [5, 5.41) is 36.0. The van der Waals surface area contributed by atoms with Crippen LogP contribution >= 0.6 is 0 Å². The topological polar surface area (TPSA) is 322 Å². The Labute approximate surface area is 656 Å². The van der Waals surface area contributed by atoms with Crippen LogP contribution in [0.2, 0.25) is 0 Å². The SMILES string of the molecule is CC.CC.CC.CC.CC.CC.CC.CC.CC.CC.CC.CC.Cc1ccccc1.Cc1cccnc1.Cc1cccnn1.Cc1ccncn1.Cc1ccnnc1.Cc1cnccn1.Cc1cncnc1.Cc1cncnn1.Cc1cnncn1.Cc1ncccn1.Cc1nccnn1.Cc1ncncn1. The Bertz CT molecular complexity index is 2450. The lowest BCUT2D eigenvalue weighted by molar-refractivity contribution is 0.907. The summed E-state index contributed by atoms with van der Waals surface area (Å²) in [6, 6.07) is 23.6. The van der Waals surface area contributed by atoms with Crippen molar-refractivity contribution < 1.29 is 0 Å². The predicted molar refractivity (Wildman–Crippen MR) is 455 cm³/mol. The van der Waals surface area contributed by atoms with Gasteiger partial charge in [-0.2, -0.15) is 35.7 Å². The van der Waals surface area contributed by atoms with Crippen molar-refractivity contribution in [3.05, 3.63) is 284 Å². The number of benzene rings is 1. The fourth-order valence-corrected chi connectivity index (χ4v) is 4.42. The molecule has 0 aliphatic heterocycles. The monoisotopic (exact) mass is 1490 g/mol. The van der Waals surface area contributed by atoms with E-state index in [-0.39, 0.29) is 0 Å². The first-order chi connectivity index (χ1) is 52.7. The van der Waals surface area contributed by atoms with E-state index < -0.39 is 0 Å². The van der Waals surface area contributed by atoms with Crippen LogP contribution in [0.15, 0.2) is 216 Å². The minimum absolute atomic E-state index is 0.711. The van der Waals surface area contributed by atoms with Gasteiger partial charge in [0.15, 0.2) is 0 Å². The maximum Gasteiger partial charge on any atom is 0.147 e. The van der Waals surface area contributed by atoms with E-state index in [9.17, 15) is 0 Å². The predicted octanol–water partition coefficient (Wildman–Crippen LogP) is 21.1. The summed E-state index contributed by atoms with van der Waals surface area (Å²) in [5.41, 5.74) is 9.46. The number of pyridine rings is 1. The van der Waals surface area contributed by atoms with Crippen molar-refractivity contribution in [2.45, 2.75) is 249 Å². The van der Waals surface area contributed by atoms with Gasteiger partial charge in [-0.05, 0) is 136 Å². The minimum Gasteiger partial charge on any atom is -0.264 e. The van der Waals surface area contributed by atoms with Crippen LogP contribution in [-0.4, -0.2) is 126 Å². The molecule has 0 unspecified atom stereocenters. The van der Waals surface area contributed by atoms with Gasteiger partial charge in [0.2, 0.25) is 0 Å². The molecule has 12 rings (SSSR count). The second-order valence-corrected chi connectivity index (χ2v) is 16.3. The molecule has 108 heavy (non-hydrogen) atoms. The molecule has 0 radical (unpaired) electrons. The van der Waals surface area contributed by atoms with Crippen molar-refractivity contribution in [3.63, 3.8) is 0 Å². The zero-order valence-corrected chi connectivity index (χ0v) is 73.4. The molecule has 0 spiro atoms. The van der Waals surface area contributed by atoms with Gasteiger partial charge in [0.1, 0.15) is 55.4 Å². The summed E-state index contributed by atoms with van der Waals surface area (Å²) < 4.78 is 0. The first kappa shape index (κ1) is 124. The molecule has 0 bridgehead atoms. The molecule has 0 amide bonds. The van der Waals surface area contributed by atoms with Crippen molar-refractivity contribution >= 4 is 0 Å². The van der Waals surface area contributed by atoms with Crippen LogP contribution in [0.25, 0.3) is 0 Å². The minimum atomic E-state index is 0.711. The average Bonchev–Trinajstić information content (AvgIpc) is 3.97. The van der Waals surface area contributed by atoms with E-state index in [0.717, 1.165) is 51.2 Å². The Morgan fingerprint density at radius 3 is 0.833 bits per heavy atom. The summed E-state index contributed by atoms with van der Waals surface area (Å²) in [6.07, 6.45) is 37.7. The van der Waals surface area contributed by atoms with Crippen LogP contribution in [0.4, 0.5) is 0 Å². The number of hydrogen-bond acceptors (Lipinski definition) is 25. The molecule has 0 aliphatic carbocycles. The molecule has 1 aromatic carbocycles. The fourth-order valence-electron chi connectivity index (χ4n) is 4.42. The smallest absolute Gasteiger partial charge is 0.147 e. The molecule has 0 aliphatic rings. The number of aromatic nitrogens is 25. The fraction of sp³-hybridized carbons (Fsp3) is 0.434. The highest BCUT2D eigenvalue weighted by molar-refractivity contribution is 5.12. The van der Waals surface area contributed by atoms with Crippen LogP contribution < -0.4 is 0 Å². The molecule has 25 heteroatoms. The van der Waals surface area contributed by atoms with E-state index in [1.165, 1.54) is 49.1 Å². The zero-order valence-electron chi connectivity index (χ0n) is 73.4. The van der Waals surface area contributed by atoms with E-state index in [2.05, 4.69) is 145 Å². The maximum atomic E-state index is 3.92. The lowest BCUT2D eigenvalue weighted by atomic mass is 10.2. The van der Waals surface area contributed by atoms with Crippen LogP contribution in [0.1, 0.15) is 234 Å². The number of rotatable bonds is 0. The molecule has 0 N–H and O–H groups in total. The summed E-state index contributed by atoms with van der Waals surface area (Å²) in [5.74, 6) is 2.29. The zero-order chi connectivity index (χ0) is 85.4. The van der Waals surface area contributed by atoms with Gasteiger partial charge in [0.25, 0.3) is 0 Å². The van der Waals surface area contributed by atoms with Crippen LogP contribution in [0.3, 0.4) is 0 Å². The third-order valence-electron chi connectivity index (χ3n) is 8.43. The third-order valence-corrected chi connectivity index (χ3v) is 8.43. The van der Waals surface area contributed by atoms with Gasteiger partial charge in [-0.15, -0.1) is 15.3 Å². The normalized spacial score (nSPS) is 7.44. The van der Waals surface area contributed by atoms with Gasteiger partial charge in [-0.3, -0.25) is 15.0 Å². The van der Waals surface area contributed by atoms with E-state index in [4.69, 9.17) is 0 Å². The van der Waals surface area contributed by atoms with Crippen molar-refractivity contribution in [3.8, 4) is 0 Å². The molecule has 600 valence electrons. The number of aryl methyl sites for hydroxylation is 12. The van der Waals surface area contributed by atoms with Gasteiger partial charge in [-0.1, -0.05) is 208 Å². The first-order valence-electron chi connectivity index (χ1n) is 37.4. The van der Waals surface area contributed by atoms with Crippen LogP contribution in [0, 0.1) is 83.1 Å². The molecule has 25 nitrogen and oxygen atoms in total. The Kier molecular flexibility index (Phi) is 137. The summed E-state index contributed by atoms with van der Waals surface area (Å²) in [6.45, 7) is 71.0. The molecular weight excluding hydrogens is 1350 g/mol. The van der Waals surface area contributed by atoms with Crippen molar-refractivity contribution in [2.24, 2.45) is 0 Å². The van der Waals surface area contributed by atoms with Crippen molar-refractivity contribution in [2.75, 3.05) is 0 Å². The Morgan fingerprint density at radius 2 is 0.611 bits per heavy atom. The quantitative estimate of drug-likeness (QED) is 0.136. The van der Waals surface area contributed by atoms with Crippen LogP contribution in [-0.2, 0) is 0 Å². The Hall–Kier alpha value is -11.1. The maximum absolute atomic E-state index is 3.92. The Morgan fingerprint density at radius 1 is 0.167 bits per heavy atom. The average molecular weight is 1490 g/mol. The summed E-state index contributed by atoms with van der Waals surface area (Å²) >= 11 is 0. The molecule has 11 heterocycles. The summed E-state index contributed by atoms with van der Waals surface area (Å²) in [7, 11) is 0. The largest absolute Gasteiger partial charge is 0.264 e. The molecule has 0 fully saturated rings. The van der Waals surface area contributed by atoms with Gasteiger partial charge in [0, 0.05) is 86.3 Å². The standard InChI is InChI=1S/C7H8.C6H7N.6C5H6N2.4C4H5N3.12C2H6/c1-7-5-3-2-4-6-7;1-6-3-2-4-7-5-6;1-5-2-6-4-7-3-5;1-5-4-6-2-3-7-5;1-5-2-3-6-4-7-5;1-5-2-3-6-7-4-5;1-5-6-3-2-4-7-5;1-5-3-2-4-6-7-5;1-4-6-2-5-3-7-4;1-4-2-6-7-3-5-4;1-4-2-5-3-6-7-4;1-4-5-2-3-6-7-4;12*1-2/h2-6H,1H3;2-5H,1H3;6*2-4H,1H3;4*2-3H,1H3;12*1-2H3. The van der Waals surface area contributed by atoms with Gasteiger partial charge < -0.3 is 0 Å². The van der Waals surface area contributed by atoms with Crippen LogP contribution in [0.5, 0.6) is 0 Å². The molecular formula is C83H143N25. The lowest BCUT2D eigenvalue weighted by Gasteiger charge is -1.82. The Balaban J connectivity index is -0.0000000907. The second-order valence-electron chi connectivity index (χ2n) is 16.3. The third kappa shape index (κ3) is 116. The highest BCUT2D eigenvalue weighted by atomic mass is 15.1. The molecule has 0 saturated heterocycles. The van der Waals surface area contributed by atoms with E-state index in [1.54, 1.807) is 112 Å². The van der Waals surface area contributed by atoms with E-state index in [1.807, 2.05) is 296 Å². The highest BCUT2D eigenvalue weighted by Crippen LogP contribution is 1.93. The lowest BCUT2D eigenvalue weighted by Crippen LogP contribution is -1.85. The first-order valence-corrected chi connectivity index (χ1v) is 37.4. The highest BCUT2D eigenvalue weighted by Gasteiger charge is 1.82. The van der Waals surface area contributed by atoms with E-state index >= 15 is 0 Å². The molecule has 0 atom stereocenters. The van der Waals surface area contributed by atoms with Gasteiger partial charge in [-0.25, -0.2) is 59.8 Å². The van der Waals surface area contributed by atoms with Crippen molar-refractivity contribution in [1.29, 1.82) is 0 Å². The van der Waals surface area contributed by atoms with Gasteiger partial charge >= 0.3 is 0 Å².